The molecule has 0 saturated carbocycles. The van der Waals surface area contributed by atoms with Crippen molar-refractivity contribution in [1.82, 2.24) is 15.7 Å². The highest BCUT2D eigenvalue weighted by Gasteiger charge is 2.25. The molecule has 0 spiro atoms. The van der Waals surface area contributed by atoms with Crippen molar-refractivity contribution in [2.24, 2.45) is 0 Å². The molecule has 1 heterocycles. The number of hydrogen-bond donors (Lipinski definition) is 5. The van der Waals surface area contributed by atoms with Gasteiger partial charge in [-0.05, 0) is 81.4 Å². The Morgan fingerprint density at radius 3 is 2.06 bits per heavy atom. The minimum Gasteiger partial charge on any atom is -0.391 e. The molecular weight excluding hydrogens is 448 g/mol. The SMILES string of the molecule is CC(O)C(NC(=O)c1ccc(C#Cc2ccc(NC(=O)CN3CCCCC3)cc2)cc1)C(=O)NO. The number of nitrogens with one attached hydrogen (secondary N) is 3. The van der Waals surface area contributed by atoms with E-state index in [-0.39, 0.29) is 11.5 Å². The highest BCUT2D eigenvalue weighted by atomic mass is 16.5. The second kappa shape index (κ2) is 12.7. The average Bonchev–Trinajstić information content (AvgIpc) is 2.87. The summed E-state index contributed by atoms with van der Waals surface area (Å²) in [6.45, 7) is 3.67. The molecule has 0 radical (unpaired) electrons. The van der Waals surface area contributed by atoms with E-state index < -0.39 is 24.0 Å². The van der Waals surface area contributed by atoms with Gasteiger partial charge in [0.05, 0.1) is 12.6 Å². The fourth-order valence-corrected chi connectivity index (χ4v) is 3.71. The lowest BCUT2D eigenvalue weighted by Gasteiger charge is -2.25. The van der Waals surface area contributed by atoms with Crippen LogP contribution in [0, 0.1) is 11.8 Å². The van der Waals surface area contributed by atoms with E-state index in [9.17, 15) is 19.5 Å². The number of nitrogens with zero attached hydrogens (tertiary/aromatic N) is 1. The Kier molecular flexibility index (Phi) is 9.38. The maximum atomic E-state index is 12.3. The third-order valence-electron chi connectivity index (χ3n) is 5.64. The first-order valence-corrected chi connectivity index (χ1v) is 11.5. The molecule has 2 aromatic rings. The normalized spacial score (nSPS) is 15.2. The second-order valence-corrected chi connectivity index (χ2v) is 8.46. The van der Waals surface area contributed by atoms with Crippen LogP contribution in [0.15, 0.2) is 48.5 Å². The Morgan fingerprint density at radius 1 is 0.943 bits per heavy atom. The summed E-state index contributed by atoms with van der Waals surface area (Å²) in [6.07, 6.45) is 2.33. The van der Waals surface area contributed by atoms with Gasteiger partial charge < -0.3 is 15.7 Å². The second-order valence-electron chi connectivity index (χ2n) is 8.46. The standard InChI is InChI=1S/C26H30N4O5/c1-18(31)24(26(34)29-35)28-25(33)21-11-7-19(8-12-21)5-6-20-9-13-22(14-10-20)27-23(32)17-30-15-3-2-4-16-30/h7-14,18,24,31,35H,2-4,15-17H2,1H3,(H,27,32)(H,28,33)(H,29,34). The quantitative estimate of drug-likeness (QED) is 0.233. The molecule has 0 aromatic heterocycles. The van der Waals surface area contributed by atoms with Gasteiger partial charge >= 0.3 is 0 Å². The number of anilines is 1. The van der Waals surface area contributed by atoms with Crippen LogP contribution in [0.2, 0.25) is 0 Å². The zero-order chi connectivity index (χ0) is 25.2. The molecule has 35 heavy (non-hydrogen) atoms. The first kappa shape index (κ1) is 25.9. The summed E-state index contributed by atoms with van der Waals surface area (Å²) in [5.74, 6) is 4.55. The van der Waals surface area contributed by atoms with Crippen LogP contribution in [0.25, 0.3) is 0 Å². The van der Waals surface area contributed by atoms with E-state index in [0.29, 0.717) is 12.1 Å². The lowest BCUT2D eigenvalue weighted by molar-refractivity contribution is -0.133. The van der Waals surface area contributed by atoms with Gasteiger partial charge in [-0.2, -0.15) is 0 Å². The molecule has 0 aliphatic carbocycles. The number of piperidine rings is 1. The molecule has 9 nitrogen and oxygen atoms in total. The summed E-state index contributed by atoms with van der Waals surface area (Å²) in [5, 5.41) is 23.7. The molecule has 5 N–H and O–H groups in total. The Labute approximate surface area is 204 Å². The molecule has 2 atom stereocenters. The van der Waals surface area contributed by atoms with Gasteiger partial charge in [0.25, 0.3) is 11.8 Å². The minimum absolute atomic E-state index is 0.0217. The predicted molar refractivity (Wildman–Crippen MR) is 131 cm³/mol. The summed E-state index contributed by atoms with van der Waals surface area (Å²) in [7, 11) is 0. The van der Waals surface area contributed by atoms with Gasteiger partial charge in [0, 0.05) is 22.4 Å². The zero-order valence-corrected chi connectivity index (χ0v) is 19.6. The number of aliphatic hydroxyl groups is 1. The zero-order valence-electron chi connectivity index (χ0n) is 19.6. The van der Waals surface area contributed by atoms with E-state index in [1.54, 1.807) is 24.3 Å². The van der Waals surface area contributed by atoms with Crippen molar-refractivity contribution in [1.29, 1.82) is 0 Å². The topological polar surface area (TPSA) is 131 Å². The number of benzene rings is 2. The van der Waals surface area contributed by atoms with Crippen LogP contribution in [0.4, 0.5) is 5.69 Å². The molecule has 1 saturated heterocycles. The summed E-state index contributed by atoms with van der Waals surface area (Å²) in [4.78, 5) is 38.3. The number of carbonyl (C=O) groups excluding carboxylic acids is 3. The highest BCUT2D eigenvalue weighted by Crippen LogP contribution is 2.12. The van der Waals surface area contributed by atoms with E-state index in [1.165, 1.54) is 18.8 Å². The van der Waals surface area contributed by atoms with Gasteiger partial charge in [-0.1, -0.05) is 18.3 Å². The number of aliphatic hydroxyl groups excluding tert-OH is 1. The molecule has 1 aliphatic heterocycles. The smallest absolute Gasteiger partial charge is 0.268 e. The number of hydrogen-bond acceptors (Lipinski definition) is 6. The van der Waals surface area contributed by atoms with Crippen LogP contribution in [0.5, 0.6) is 0 Å². The summed E-state index contributed by atoms with van der Waals surface area (Å²) in [5.41, 5.74) is 3.87. The van der Waals surface area contributed by atoms with Crippen molar-refractivity contribution >= 4 is 23.4 Å². The van der Waals surface area contributed by atoms with Crippen LogP contribution >= 0.6 is 0 Å². The van der Waals surface area contributed by atoms with Crippen LogP contribution in [-0.2, 0) is 9.59 Å². The molecule has 2 aromatic carbocycles. The highest BCUT2D eigenvalue weighted by molar-refractivity contribution is 5.97. The number of rotatable bonds is 7. The molecule has 3 amide bonds. The van der Waals surface area contributed by atoms with Gasteiger partial charge in [-0.3, -0.25) is 24.5 Å². The van der Waals surface area contributed by atoms with Crippen molar-refractivity contribution in [3.8, 4) is 11.8 Å². The number of carbonyl (C=O) groups is 3. The Balaban J connectivity index is 1.54. The van der Waals surface area contributed by atoms with Crippen molar-refractivity contribution in [2.45, 2.75) is 38.3 Å². The van der Waals surface area contributed by atoms with E-state index in [0.717, 1.165) is 37.2 Å². The number of likely N-dealkylation sites (tertiary alicyclic amines) is 1. The maximum absolute atomic E-state index is 12.3. The third kappa shape index (κ3) is 7.93. The lowest BCUT2D eigenvalue weighted by Crippen LogP contribution is -2.51. The first-order valence-electron chi connectivity index (χ1n) is 11.5. The molecular formula is C26H30N4O5. The summed E-state index contributed by atoms with van der Waals surface area (Å²) in [6, 6.07) is 12.4. The lowest BCUT2D eigenvalue weighted by atomic mass is 10.1. The van der Waals surface area contributed by atoms with Crippen molar-refractivity contribution in [3.05, 3.63) is 65.2 Å². The molecule has 1 fully saturated rings. The fourth-order valence-electron chi connectivity index (χ4n) is 3.71. The van der Waals surface area contributed by atoms with Gasteiger partial charge in [0.15, 0.2) is 0 Å². The predicted octanol–water partition coefficient (Wildman–Crippen LogP) is 1.50. The van der Waals surface area contributed by atoms with Crippen molar-refractivity contribution < 1.29 is 24.7 Å². The molecule has 184 valence electrons. The third-order valence-corrected chi connectivity index (χ3v) is 5.64. The average molecular weight is 479 g/mol. The Morgan fingerprint density at radius 2 is 1.51 bits per heavy atom. The van der Waals surface area contributed by atoms with Crippen molar-refractivity contribution in [2.75, 3.05) is 25.0 Å². The van der Waals surface area contributed by atoms with Gasteiger partial charge in [0.2, 0.25) is 5.91 Å². The molecule has 0 bridgehead atoms. The number of amides is 3. The van der Waals surface area contributed by atoms with Crippen LogP contribution < -0.4 is 16.1 Å². The number of hydroxylamine groups is 1. The van der Waals surface area contributed by atoms with Crippen LogP contribution in [-0.4, -0.2) is 64.7 Å². The van der Waals surface area contributed by atoms with Gasteiger partial charge in [0.1, 0.15) is 6.04 Å². The molecule has 9 heteroatoms. The Hall–Kier alpha value is -3.71. The van der Waals surface area contributed by atoms with E-state index in [4.69, 9.17) is 5.21 Å². The van der Waals surface area contributed by atoms with Crippen LogP contribution in [0.3, 0.4) is 0 Å². The van der Waals surface area contributed by atoms with Crippen molar-refractivity contribution in [3.63, 3.8) is 0 Å². The van der Waals surface area contributed by atoms with E-state index in [1.807, 2.05) is 24.3 Å². The summed E-state index contributed by atoms with van der Waals surface area (Å²) >= 11 is 0. The van der Waals surface area contributed by atoms with Gasteiger partial charge in [-0.25, -0.2) is 5.48 Å². The van der Waals surface area contributed by atoms with Gasteiger partial charge in [-0.15, -0.1) is 0 Å². The fraction of sp³-hybridized carbons (Fsp3) is 0.346. The molecule has 3 rings (SSSR count). The largest absolute Gasteiger partial charge is 0.391 e. The molecule has 2 unspecified atom stereocenters. The maximum Gasteiger partial charge on any atom is 0.268 e. The first-order chi connectivity index (χ1) is 16.9. The van der Waals surface area contributed by atoms with Crippen LogP contribution in [0.1, 0.15) is 47.7 Å². The van der Waals surface area contributed by atoms with E-state index in [2.05, 4.69) is 27.4 Å². The van der Waals surface area contributed by atoms with E-state index >= 15 is 0 Å². The minimum atomic E-state index is -1.29. The Bertz CT molecular complexity index is 1080. The monoisotopic (exact) mass is 478 g/mol. The molecule has 1 aliphatic rings. The summed E-state index contributed by atoms with van der Waals surface area (Å²) < 4.78 is 0.